The van der Waals surface area contributed by atoms with Gasteiger partial charge in [0, 0.05) is 0 Å². The molecule has 0 amide bonds. The average molecular weight is 222 g/mol. The Balaban J connectivity index is 2.82. The molecule has 1 fully saturated rings. The van der Waals surface area contributed by atoms with E-state index in [0.717, 1.165) is 0 Å². The fourth-order valence-corrected chi connectivity index (χ4v) is 1.12. The molecule has 14 heavy (non-hydrogen) atoms. The third-order valence-electron chi connectivity index (χ3n) is 2.01. The molecule has 0 saturated heterocycles. The van der Waals surface area contributed by atoms with Crippen LogP contribution in [-0.4, -0.2) is 30.5 Å². The highest BCUT2D eigenvalue weighted by Crippen LogP contribution is 2.61. The molecule has 1 aliphatic carbocycles. The number of hydrogen-bond acceptors (Lipinski definition) is 1. The van der Waals surface area contributed by atoms with E-state index >= 15 is 0 Å². The van der Waals surface area contributed by atoms with Gasteiger partial charge in [0.15, 0.2) is 0 Å². The number of hydrogen-bond donors (Lipinski definition) is 0. The van der Waals surface area contributed by atoms with Crippen LogP contribution in [0, 0.1) is 0 Å². The summed E-state index contributed by atoms with van der Waals surface area (Å²) < 4.78 is 78.4. The molecule has 0 radical (unpaired) electrons. The SMILES string of the molecule is CCCOC1(F)C(F)C(F)(F)C1(F)F. The molecule has 1 nitrogen and oxygen atoms in total. The average Bonchev–Trinajstić information content (AvgIpc) is 2.11. The quantitative estimate of drug-likeness (QED) is 0.667. The van der Waals surface area contributed by atoms with Crippen molar-refractivity contribution >= 4 is 0 Å². The van der Waals surface area contributed by atoms with E-state index in [9.17, 15) is 26.3 Å². The van der Waals surface area contributed by atoms with E-state index in [1.807, 2.05) is 0 Å². The van der Waals surface area contributed by atoms with Crippen molar-refractivity contribution in [3.05, 3.63) is 0 Å². The standard InChI is InChI=1S/C7H8F6O/c1-2-3-14-6(11)4(8)5(9,10)7(6,12)13/h4H,2-3H2,1H3. The summed E-state index contributed by atoms with van der Waals surface area (Å²) in [4.78, 5) is 0. The molecule has 7 heteroatoms. The van der Waals surface area contributed by atoms with Crippen LogP contribution < -0.4 is 0 Å². The zero-order valence-corrected chi connectivity index (χ0v) is 7.17. The first-order valence-corrected chi connectivity index (χ1v) is 3.94. The first-order valence-electron chi connectivity index (χ1n) is 3.94. The summed E-state index contributed by atoms with van der Waals surface area (Å²) in [6.07, 6.45) is -3.49. The van der Waals surface area contributed by atoms with Crippen LogP contribution in [0.5, 0.6) is 0 Å². The van der Waals surface area contributed by atoms with Gasteiger partial charge in [0.2, 0.25) is 6.17 Å². The van der Waals surface area contributed by atoms with Crippen LogP contribution in [0.15, 0.2) is 0 Å². The smallest absolute Gasteiger partial charge is 0.339 e. The lowest BCUT2D eigenvalue weighted by molar-refractivity contribution is -0.464. The second-order valence-electron chi connectivity index (χ2n) is 3.05. The van der Waals surface area contributed by atoms with E-state index in [0.29, 0.717) is 0 Å². The Hall–Kier alpha value is -0.460. The second-order valence-corrected chi connectivity index (χ2v) is 3.05. The van der Waals surface area contributed by atoms with E-state index in [2.05, 4.69) is 4.74 Å². The summed E-state index contributed by atoms with van der Waals surface area (Å²) in [5.41, 5.74) is 0. The van der Waals surface area contributed by atoms with Crippen LogP contribution in [0.3, 0.4) is 0 Å². The molecule has 0 aliphatic heterocycles. The van der Waals surface area contributed by atoms with Gasteiger partial charge in [-0.15, -0.1) is 0 Å². The highest BCUT2D eigenvalue weighted by molar-refractivity contribution is 5.18. The lowest BCUT2D eigenvalue weighted by Gasteiger charge is -2.49. The Morgan fingerprint density at radius 3 is 2.00 bits per heavy atom. The highest BCUT2D eigenvalue weighted by Gasteiger charge is 2.91. The molecule has 0 aromatic rings. The number of alkyl halides is 6. The van der Waals surface area contributed by atoms with Crippen molar-refractivity contribution in [3.8, 4) is 0 Å². The van der Waals surface area contributed by atoms with Crippen LogP contribution in [0.1, 0.15) is 13.3 Å². The molecule has 2 unspecified atom stereocenters. The van der Waals surface area contributed by atoms with Gasteiger partial charge in [-0.2, -0.15) is 17.6 Å². The maximum Gasteiger partial charge on any atom is 0.373 e. The van der Waals surface area contributed by atoms with Crippen molar-refractivity contribution in [2.75, 3.05) is 6.61 Å². The molecule has 0 aromatic heterocycles. The van der Waals surface area contributed by atoms with Gasteiger partial charge in [0.1, 0.15) is 0 Å². The van der Waals surface area contributed by atoms with Crippen molar-refractivity contribution < 1.29 is 31.1 Å². The van der Waals surface area contributed by atoms with Gasteiger partial charge in [0.05, 0.1) is 6.61 Å². The predicted octanol–water partition coefficient (Wildman–Crippen LogP) is 2.70. The molecular formula is C7H8F6O. The van der Waals surface area contributed by atoms with Crippen LogP contribution in [0.4, 0.5) is 26.3 Å². The maximum absolute atomic E-state index is 12.9. The normalized spacial score (nSPS) is 39.2. The lowest BCUT2D eigenvalue weighted by atomic mass is 9.80. The van der Waals surface area contributed by atoms with E-state index in [1.165, 1.54) is 6.92 Å². The fraction of sp³-hybridized carbons (Fsp3) is 1.00. The predicted molar refractivity (Wildman–Crippen MR) is 34.9 cm³/mol. The number of rotatable bonds is 3. The molecule has 0 aromatic carbocycles. The van der Waals surface area contributed by atoms with Gasteiger partial charge >= 0.3 is 17.7 Å². The molecule has 0 spiro atoms. The molecule has 1 saturated carbocycles. The fourth-order valence-electron chi connectivity index (χ4n) is 1.12. The second kappa shape index (κ2) is 3.01. The van der Waals surface area contributed by atoms with E-state index in [4.69, 9.17) is 0 Å². The summed E-state index contributed by atoms with van der Waals surface area (Å²) in [6, 6.07) is 0. The molecule has 1 rings (SSSR count). The van der Waals surface area contributed by atoms with Gasteiger partial charge in [-0.25, -0.2) is 8.78 Å². The molecule has 2 atom stereocenters. The topological polar surface area (TPSA) is 9.23 Å². The van der Waals surface area contributed by atoms with Gasteiger partial charge in [-0.05, 0) is 6.42 Å². The minimum absolute atomic E-state index is 0.125. The monoisotopic (exact) mass is 222 g/mol. The first kappa shape index (κ1) is 11.6. The van der Waals surface area contributed by atoms with Crippen LogP contribution in [0.25, 0.3) is 0 Å². The summed E-state index contributed by atoms with van der Waals surface area (Å²) in [6.45, 7) is 0.911. The van der Waals surface area contributed by atoms with Gasteiger partial charge in [-0.1, -0.05) is 6.92 Å². The van der Waals surface area contributed by atoms with Crippen LogP contribution in [0.2, 0.25) is 0 Å². The molecule has 0 heterocycles. The highest BCUT2D eigenvalue weighted by atomic mass is 19.3. The largest absolute Gasteiger partial charge is 0.373 e. The van der Waals surface area contributed by atoms with Gasteiger partial charge in [0.25, 0.3) is 0 Å². The summed E-state index contributed by atoms with van der Waals surface area (Å²) in [5.74, 6) is -14.3. The Morgan fingerprint density at radius 1 is 1.14 bits per heavy atom. The van der Waals surface area contributed by atoms with Crippen LogP contribution in [-0.2, 0) is 4.74 Å². The first-order chi connectivity index (χ1) is 6.22. The van der Waals surface area contributed by atoms with E-state index in [-0.39, 0.29) is 6.42 Å². The van der Waals surface area contributed by atoms with E-state index in [1.54, 1.807) is 0 Å². The molecular weight excluding hydrogens is 214 g/mol. The number of halogens is 6. The minimum Gasteiger partial charge on any atom is -0.339 e. The van der Waals surface area contributed by atoms with Crippen LogP contribution >= 0.6 is 0 Å². The minimum atomic E-state index is -5.10. The lowest BCUT2D eigenvalue weighted by Crippen LogP contribution is -2.79. The van der Waals surface area contributed by atoms with Gasteiger partial charge in [-0.3, -0.25) is 0 Å². The zero-order valence-electron chi connectivity index (χ0n) is 7.17. The van der Waals surface area contributed by atoms with Crippen molar-refractivity contribution in [2.45, 2.75) is 37.2 Å². The molecule has 0 N–H and O–H groups in total. The maximum atomic E-state index is 12.9. The number of ether oxygens (including phenoxy) is 1. The Labute approximate surface area is 76.0 Å². The molecule has 0 bridgehead atoms. The van der Waals surface area contributed by atoms with Crippen molar-refractivity contribution in [1.82, 2.24) is 0 Å². The van der Waals surface area contributed by atoms with Gasteiger partial charge < -0.3 is 4.74 Å². The Morgan fingerprint density at radius 2 is 1.64 bits per heavy atom. The molecule has 1 aliphatic rings. The Kier molecular flexibility index (Phi) is 2.50. The van der Waals surface area contributed by atoms with Crippen molar-refractivity contribution in [2.24, 2.45) is 0 Å². The third-order valence-corrected chi connectivity index (χ3v) is 2.01. The third kappa shape index (κ3) is 1.07. The molecule has 84 valence electrons. The zero-order chi connectivity index (χ0) is 11.2. The van der Waals surface area contributed by atoms with Crippen molar-refractivity contribution in [1.29, 1.82) is 0 Å². The van der Waals surface area contributed by atoms with E-state index < -0.39 is 30.5 Å². The summed E-state index contributed by atoms with van der Waals surface area (Å²) >= 11 is 0. The van der Waals surface area contributed by atoms with Crippen molar-refractivity contribution in [3.63, 3.8) is 0 Å². The summed E-state index contributed by atoms with van der Waals surface area (Å²) in [7, 11) is 0. The Bertz CT molecular complexity index is 230. The summed E-state index contributed by atoms with van der Waals surface area (Å²) in [5, 5.41) is 0.